The van der Waals surface area contributed by atoms with Crippen LogP contribution in [0.1, 0.15) is 30.5 Å². The maximum absolute atomic E-state index is 2.25. The summed E-state index contributed by atoms with van der Waals surface area (Å²) in [5, 5.41) is 0. The number of hydrogen-bond donors (Lipinski definition) is 0. The van der Waals surface area contributed by atoms with Gasteiger partial charge in [-0.05, 0) is 26.0 Å². The minimum Gasteiger partial charge on any atom is -0.292 e. The molecule has 2 rings (SSSR count). The van der Waals surface area contributed by atoms with Crippen molar-refractivity contribution in [2.45, 2.75) is 34.2 Å². The summed E-state index contributed by atoms with van der Waals surface area (Å²) in [7, 11) is 4.51. The molecule has 0 aliphatic carbocycles. The largest absolute Gasteiger partial charge is 0.292 e. The molecule has 1 nitrogen and oxygen atoms in total. The lowest BCUT2D eigenvalue weighted by atomic mass is 10.1. The fraction of sp³-hybridized carbons (Fsp3) is 0.368. The molecule has 0 aliphatic rings. The smallest absolute Gasteiger partial charge is 0.132 e. The van der Waals surface area contributed by atoms with Gasteiger partial charge in [0.15, 0.2) is 0 Å². The van der Waals surface area contributed by atoms with Gasteiger partial charge < -0.3 is 0 Å². The van der Waals surface area contributed by atoms with Crippen molar-refractivity contribution in [2.24, 2.45) is 0 Å². The molecule has 0 fully saturated rings. The van der Waals surface area contributed by atoms with Gasteiger partial charge in [-0.3, -0.25) is 4.48 Å². The van der Waals surface area contributed by atoms with E-state index in [1.165, 1.54) is 22.4 Å². The zero-order chi connectivity index (χ0) is 15.2. The number of aryl methyl sites for hydroxylation is 2. The molecule has 0 unspecified atom stereocenters. The maximum atomic E-state index is 2.25. The van der Waals surface area contributed by atoms with E-state index in [2.05, 4.69) is 76.5 Å². The van der Waals surface area contributed by atoms with Crippen molar-refractivity contribution in [3.05, 3.63) is 65.2 Å². The summed E-state index contributed by atoms with van der Waals surface area (Å²) in [4.78, 5) is 0. The highest BCUT2D eigenvalue weighted by Crippen LogP contribution is 2.22. The van der Waals surface area contributed by atoms with E-state index in [1.807, 2.05) is 13.8 Å². The molecular weight excluding hydrogens is 242 g/mol. The minimum atomic E-state index is 0.878. The summed E-state index contributed by atoms with van der Waals surface area (Å²) in [5.41, 5.74) is 5.36. The Morgan fingerprint density at radius 3 is 1.55 bits per heavy atom. The maximum Gasteiger partial charge on any atom is 0.132 e. The van der Waals surface area contributed by atoms with E-state index in [4.69, 9.17) is 0 Å². The fourth-order valence-electron chi connectivity index (χ4n) is 2.19. The van der Waals surface area contributed by atoms with Gasteiger partial charge in [-0.15, -0.1) is 0 Å². The van der Waals surface area contributed by atoms with Crippen LogP contribution in [0.5, 0.6) is 0 Å². The first kappa shape index (κ1) is 16.5. The van der Waals surface area contributed by atoms with Crippen molar-refractivity contribution in [2.75, 3.05) is 14.1 Å². The molecule has 1 heteroatoms. The molecule has 0 aliphatic heterocycles. The highest BCUT2D eigenvalue weighted by molar-refractivity contribution is 5.43. The van der Waals surface area contributed by atoms with Crippen LogP contribution in [0.15, 0.2) is 48.5 Å². The third-order valence-corrected chi connectivity index (χ3v) is 3.43. The van der Waals surface area contributed by atoms with Crippen molar-refractivity contribution in [1.29, 1.82) is 0 Å². The first-order valence-electron chi connectivity index (χ1n) is 7.43. The van der Waals surface area contributed by atoms with Gasteiger partial charge in [0, 0.05) is 5.56 Å². The number of nitrogens with zero attached hydrogens (tertiary/aromatic N) is 1. The molecule has 20 heavy (non-hydrogen) atoms. The molecule has 2 aromatic carbocycles. The van der Waals surface area contributed by atoms with Crippen LogP contribution in [0.2, 0.25) is 0 Å². The number of rotatable bonds is 3. The minimum absolute atomic E-state index is 0.878. The predicted octanol–water partition coefficient (Wildman–Crippen LogP) is 5.10. The van der Waals surface area contributed by atoms with Crippen LogP contribution < -0.4 is 4.48 Å². The van der Waals surface area contributed by atoms with Gasteiger partial charge >= 0.3 is 0 Å². The first-order chi connectivity index (χ1) is 9.47. The van der Waals surface area contributed by atoms with Gasteiger partial charge in [-0.25, -0.2) is 0 Å². The van der Waals surface area contributed by atoms with Crippen molar-refractivity contribution in [1.82, 2.24) is 4.48 Å². The first-order valence-corrected chi connectivity index (χ1v) is 7.43. The van der Waals surface area contributed by atoms with Gasteiger partial charge in [0.25, 0.3) is 0 Å². The molecule has 0 amide bonds. The van der Waals surface area contributed by atoms with Gasteiger partial charge in [-0.1, -0.05) is 61.4 Å². The molecule has 0 spiro atoms. The van der Waals surface area contributed by atoms with Crippen molar-refractivity contribution < 1.29 is 0 Å². The van der Waals surface area contributed by atoms with E-state index >= 15 is 0 Å². The Hall–Kier alpha value is -1.60. The molecule has 0 atom stereocenters. The van der Waals surface area contributed by atoms with E-state index < -0.39 is 0 Å². The fourth-order valence-corrected chi connectivity index (χ4v) is 2.19. The van der Waals surface area contributed by atoms with Gasteiger partial charge in [0.1, 0.15) is 12.2 Å². The number of hydrogen-bond acceptors (Lipinski definition) is 0. The molecule has 0 aromatic heterocycles. The van der Waals surface area contributed by atoms with Gasteiger partial charge in [0.05, 0.1) is 14.1 Å². The predicted molar refractivity (Wildman–Crippen MR) is 91.1 cm³/mol. The molecule has 0 saturated carbocycles. The second-order valence-electron chi connectivity index (χ2n) is 5.66. The quantitative estimate of drug-likeness (QED) is 0.681. The van der Waals surface area contributed by atoms with Gasteiger partial charge in [0.2, 0.25) is 0 Å². The summed E-state index contributed by atoms with van der Waals surface area (Å²) >= 11 is 0. The normalized spacial score (nSPS) is 10.7. The summed E-state index contributed by atoms with van der Waals surface area (Å²) in [6.07, 6.45) is 0. The molecule has 2 aromatic rings. The van der Waals surface area contributed by atoms with Crippen LogP contribution in [-0.2, 0) is 6.54 Å². The Kier molecular flexibility index (Phi) is 5.97. The summed E-state index contributed by atoms with van der Waals surface area (Å²) < 4.78 is 0.878. The van der Waals surface area contributed by atoms with Crippen LogP contribution >= 0.6 is 0 Å². The Balaban J connectivity index is 0.000000956. The third kappa shape index (κ3) is 4.50. The van der Waals surface area contributed by atoms with Gasteiger partial charge in [-0.2, -0.15) is 0 Å². The summed E-state index contributed by atoms with van der Waals surface area (Å²) in [6.45, 7) is 9.27. The van der Waals surface area contributed by atoms with E-state index in [0.29, 0.717) is 0 Å². The lowest BCUT2D eigenvalue weighted by Gasteiger charge is -2.29. The van der Waals surface area contributed by atoms with Crippen LogP contribution in [0, 0.1) is 13.8 Å². The molecule has 0 heterocycles. The number of quaternary nitrogens is 1. The second kappa shape index (κ2) is 7.25. The zero-order valence-corrected chi connectivity index (χ0v) is 13.8. The zero-order valence-electron chi connectivity index (χ0n) is 13.8. The van der Waals surface area contributed by atoms with Crippen LogP contribution in [0.3, 0.4) is 0 Å². The Morgan fingerprint density at radius 2 is 1.10 bits per heavy atom. The van der Waals surface area contributed by atoms with E-state index in [-0.39, 0.29) is 0 Å². The second-order valence-corrected chi connectivity index (χ2v) is 5.66. The third-order valence-electron chi connectivity index (χ3n) is 3.43. The Morgan fingerprint density at radius 1 is 0.700 bits per heavy atom. The molecule has 108 valence electrons. The topological polar surface area (TPSA) is 0 Å². The average Bonchev–Trinajstić information content (AvgIpc) is 2.44. The lowest BCUT2D eigenvalue weighted by molar-refractivity contribution is 0.392. The van der Waals surface area contributed by atoms with E-state index in [1.54, 1.807) is 0 Å². The Bertz CT molecular complexity index is 506. The van der Waals surface area contributed by atoms with E-state index in [9.17, 15) is 0 Å². The molecule has 0 radical (unpaired) electrons. The molecule has 0 bridgehead atoms. The summed E-state index contributed by atoms with van der Waals surface area (Å²) in [6, 6.07) is 17.6. The van der Waals surface area contributed by atoms with E-state index in [0.717, 1.165) is 11.0 Å². The van der Waals surface area contributed by atoms with Crippen molar-refractivity contribution in [3.63, 3.8) is 0 Å². The lowest BCUT2D eigenvalue weighted by Crippen LogP contribution is -2.39. The molecular formula is C19H28N+. The van der Waals surface area contributed by atoms with Crippen LogP contribution in [0.4, 0.5) is 5.69 Å². The average molecular weight is 270 g/mol. The molecule has 0 saturated heterocycles. The highest BCUT2D eigenvalue weighted by Gasteiger charge is 2.19. The molecule has 0 N–H and O–H groups in total. The summed E-state index contributed by atoms with van der Waals surface area (Å²) in [5.74, 6) is 0. The monoisotopic (exact) mass is 270 g/mol. The van der Waals surface area contributed by atoms with Crippen LogP contribution in [0.25, 0.3) is 0 Å². The highest BCUT2D eigenvalue weighted by atomic mass is 15.3. The van der Waals surface area contributed by atoms with Crippen LogP contribution in [-0.4, -0.2) is 14.1 Å². The standard InChI is InChI=1S/C17H22N.C2H6/c1-14-5-9-16(10-6-14)13-18(3,4)17-11-7-15(2)8-12-17;1-2/h5-12H,13H2,1-4H3;1-2H3/q+1;. The SMILES string of the molecule is CC.Cc1ccc(C[N+](C)(C)c2ccc(C)cc2)cc1. The van der Waals surface area contributed by atoms with Crippen molar-refractivity contribution >= 4 is 5.69 Å². The number of benzene rings is 2. The Labute approximate surface area is 124 Å². The van der Waals surface area contributed by atoms with Crippen molar-refractivity contribution in [3.8, 4) is 0 Å².